The minimum Gasteiger partial charge on any atom is -0.471 e. The average Bonchev–Trinajstić information content (AvgIpc) is 3.64. The van der Waals surface area contributed by atoms with Crippen LogP contribution in [0.25, 0.3) is 21.5 Å². The van der Waals surface area contributed by atoms with E-state index in [0.717, 1.165) is 23.0 Å². The molecule has 0 aliphatic rings. The first-order valence-electron chi connectivity index (χ1n) is 11.0. The van der Waals surface area contributed by atoms with E-state index >= 15 is 0 Å². The van der Waals surface area contributed by atoms with Crippen molar-refractivity contribution in [2.45, 2.75) is 20.1 Å². The van der Waals surface area contributed by atoms with Gasteiger partial charge in [0.1, 0.15) is 26.9 Å². The summed E-state index contributed by atoms with van der Waals surface area (Å²) >= 11 is 6.83. The molecule has 2 amide bonds. The molecular weight excluding hydrogens is 540 g/mol. The van der Waals surface area contributed by atoms with Crippen molar-refractivity contribution in [3.05, 3.63) is 81.8 Å². The largest absolute Gasteiger partial charge is 0.471 e. The van der Waals surface area contributed by atoms with Crippen molar-refractivity contribution < 1.29 is 27.5 Å². The van der Waals surface area contributed by atoms with Crippen LogP contribution >= 0.6 is 22.9 Å². The van der Waals surface area contributed by atoms with Crippen molar-refractivity contribution in [2.24, 2.45) is 5.73 Å². The number of halogens is 3. The summed E-state index contributed by atoms with van der Waals surface area (Å²) in [7, 11) is 0. The smallest absolute Gasteiger partial charge is 0.280 e. The number of carbonyl (C=O) groups excluding carboxylic acids is 2. The summed E-state index contributed by atoms with van der Waals surface area (Å²) in [6.45, 7) is 1.87. The van der Waals surface area contributed by atoms with Gasteiger partial charge in [0.2, 0.25) is 0 Å². The molecule has 4 aromatic heterocycles. The molecule has 9 nitrogen and oxygen atoms in total. The van der Waals surface area contributed by atoms with Crippen LogP contribution in [0.1, 0.15) is 37.8 Å². The Bertz CT molecular complexity index is 1670. The van der Waals surface area contributed by atoms with Crippen molar-refractivity contribution >= 4 is 50.7 Å². The first-order chi connectivity index (χ1) is 18.2. The zero-order valence-electron chi connectivity index (χ0n) is 19.6. The van der Waals surface area contributed by atoms with E-state index in [2.05, 4.69) is 15.4 Å². The van der Waals surface area contributed by atoms with Gasteiger partial charge in [-0.25, -0.2) is 18.4 Å². The van der Waals surface area contributed by atoms with Crippen LogP contribution in [0, 0.1) is 6.92 Å². The lowest BCUT2D eigenvalue weighted by molar-refractivity contribution is 0.100. The molecule has 0 spiro atoms. The van der Waals surface area contributed by atoms with Gasteiger partial charge in [-0.1, -0.05) is 11.6 Å². The molecule has 0 fully saturated rings. The Labute approximate surface area is 222 Å². The number of nitrogens with one attached hydrogen (secondary N) is 1. The van der Waals surface area contributed by atoms with E-state index in [-0.39, 0.29) is 44.5 Å². The number of primary amides is 1. The number of fused-ring (bicyclic) bond motifs is 1. The molecule has 194 valence electrons. The number of nitrogens with zero attached hydrogens (tertiary/aromatic N) is 3. The van der Waals surface area contributed by atoms with Gasteiger partial charge in [-0.15, -0.1) is 11.3 Å². The molecule has 4 heterocycles. The SMILES string of the molecule is Cc1cc(OCn2ccc(C(=O)Nc3c(C(N)=O)sc4nc(C(F)F)cc(-c5ccco5)c34)n2)ccc1Cl. The van der Waals surface area contributed by atoms with Crippen LogP contribution < -0.4 is 15.8 Å². The minimum atomic E-state index is -2.87. The highest BCUT2D eigenvalue weighted by Crippen LogP contribution is 2.42. The van der Waals surface area contributed by atoms with Gasteiger partial charge in [-0.3, -0.25) is 9.59 Å². The van der Waals surface area contributed by atoms with Crippen LogP contribution in [0.15, 0.2) is 59.3 Å². The number of aryl methyl sites for hydroxylation is 1. The lowest BCUT2D eigenvalue weighted by Gasteiger charge is -2.09. The average molecular weight is 558 g/mol. The molecule has 0 aliphatic carbocycles. The lowest BCUT2D eigenvalue weighted by atomic mass is 10.1. The van der Waals surface area contributed by atoms with Gasteiger partial charge >= 0.3 is 0 Å². The van der Waals surface area contributed by atoms with Crippen LogP contribution in [0.5, 0.6) is 5.75 Å². The molecular formula is C25H18ClF2N5O4S. The maximum Gasteiger partial charge on any atom is 0.280 e. The van der Waals surface area contributed by atoms with Crippen LogP contribution in [-0.4, -0.2) is 26.6 Å². The normalized spacial score (nSPS) is 11.3. The van der Waals surface area contributed by atoms with E-state index in [1.165, 1.54) is 17.0 Å². The van der Waals surface area contributed by atoms with Crippen molar-refractivity contribution in [2.75, 3.05) is 5.32 Å². The number of pyridine rings is 1. The molecule has 0 saturated heterocycles. The second-order valence-corrected chi connectivity index (χ2v) is 9.51. The van der Waals surface area contributed by atoms with E-state index in [1.54, 1.807) is 36.5 Å². The summed E-state index contributed by atoms with van der Waals surface area (Å²) in [4.78, 5) is 29.4. The molecule has 0 aliphatic heterocycles. The molecule has 0 saturated carbocycles. The number of ether oxygens (including phenoxy) is 1. The van der Waals surface area contributed by atoms with E-state index in [4.69, 9.17) is 26.5 Å². The van der Waals surface area contributed by atoms with Crippen LogP contribution in [0.3, 0.4) is 0 Å². The van der Waals surface area contributed by atoms with Crippen molar-refractivity contribution in [1.82, 2.24) is 14.8 Å². The maximum absolute atomic E-state index is 13.5. The molecule has 1 aromatic carbocycles. The fraction of sp³-hybridized carbons (Fsp3) is 0.120. The topological polar surface area (TPSA) is 125 Å². The Kier molecular flexibility index (Phi) is 6.83. The Morgan fingerprint density at radius 3 is 2.76 bits per heavy atom. The summed E-state index contributed by atoms with van der Waals surface area (Å²) in [5.41, 5.74) is 6.18. The van der Waals surface area contributed by atoms with Crippen LogP contribution in [0.4, 0.5) is 14.5 Å². The molecule has 38 heavy (non-hydrogen) atoms. The second-order valence-electron chi connectivity index (χ2n) is 8.10. The highest BCUT2D eigenvalue weighted by atomic mass is 35.5. The number of hydrogen-bond donors (Lipinski definition) is 2. The van der Waals surface area contributed by atoms with Gasteiger partial charge in [-0.2, -0.15) is 5.10 Å². The van der Waals surface area contributed by atoms with Gasteiger partial charge in [0.15, 0.2) is 12.4 Å². The summed E-state index contributed by atoms with van der Waals surface area (Å²) in [5.74, 6) is -0.686. The van der Waals surface area contributed by atoms with Crippen LogP contribution in [-0.2, 0) is 6.73 Å². The highest BCUT2D eigenvalue weighted by molar-refractivity contribution is 7.21. The van der Waals surface area contributed by atoms with Crippen molar-refractivity contribution in [3.63, 3.8) is 0 Å². The van der Waals surface area contributed by atoms with E-state index < -0.39 is 23.9 Å². The monoisotopic (exact) mass is 557 g/mol. The number of aromatic nitrogens is 3. The standard InChI is InChI=1S/C25H18ClF2N5O4S/c1-12-9-13(4-5-15(12)26)37-11-33-7-6-16(32-33)24(35)31-20-19-14(18-3-2-8-36-18)10-17(22(27)28)30-25(19)38-21(20)23(29)34/h2-10,22H,11H2,1H3,(H2,29,34)(H,31,35). The number of hydrogen-bond acceptors (Lipinski definition) is 7. The zero-order chi connectivity index (χ0) is 27.0. The summed E-state index contributed by atoms with van der Waals surface area (Å²) < 4.78 is 39.6. The molecule has 0 radical (unpaired) electrons. The maximum atomic E-state index is 13.5. The zero-order valence-corrected chi connectivity index (χ0v) is 21.1. The number of thiophene rings is 1. The summed E-state index contributed by atoms with van der Waals surface area (Å²) in [6, 6.07) is 11.0. The number of benzene rings is 1. The van der Waals surface area contributed by atoms with E-state index in [0.29, 0.717) is 10.8 Å². The van der Waals surface area contributed by atoms with Gasteiger partial charge < -0.3 is 20.2 Å². The van der Waals surface area contributed by atoms with Crippen LogP contribution in [0.2, 0.25) is 5.02 Å². The lowest BCUT2D eigenvalue weighted by Crippen LogP contribution is -2.17. The number of furan rings is 1. The number of carbonyl (C=O) groups is 2. The third-order valence-corrected chi connectivity index (χ3v) is 7.04. The number of nitrogens with two attached hydrogens (primary N) is 1. The van der Waals surface area contributed by atoms with Gasteiger partial charge in [0.25, 0.3) is 18.2 Å². The van der Waals surface area contributed by atoms with Gasteiger partial charge in [0, 0.05) is 22.2 Å². The van der Waals surface area contributed by atoms with E-state index in [1.807, 2.05) is 6.92 Å². The highest BCUT2D eigenvalue weighted by Gasteiger charge is 2.26. The van der Waals surface area contributed by atoms with Gasteiger partial charge in [-0.05, 0) is 55.0 Å². The van der Waals surface area contributed by atoms with Gasteiger partial charge in [0.05, 0.1) is 12.0 Å². The molecule has 0 atom stereocenters. The number of alkyl halides is 2. The Morgan fingerprint density at radius 2 is 2.08 bits per heavy atom. The molecule has 3 N–H and O–H groups in total. The van der Waals surface area contributed by atoms with E-state index in [9.17, 15) is 18.4 Å². The molecule has 0 bridgehead atoms. The second kappa shape index (κ2) is 10.2. The minimum absolute atomic E-state index is 0.0191. The molecule has 13 heteroatoms. The number of rotatable bonds is 8. The molecule has 5 aromatic rings. The predicted octanol–water partition coefficient (Wildman–Crippen LogP) is 6.04. The fourth-order valence-electron chi connectivity index (χ4n) is 3.73. The number of amides is 2. The predicted molar refractivity (Wildman–Crippen MR) is 138 cm³/mol. The number of anilines is 1. The van der Waals surface area contributed by atoms with Crippen molar-refractivity contribution in [3.8, 4) is 17.1 Å². The summed E-state index contributed by atoms with van der Waals surface area (Å²) in [6.07, 6.45) is 0.0557. The molecule has 5 rings (SSSR count). The van der Waals surface area contributed by atoms with Crippen molar-refractivity contribution in [1.29, 1.82) is 0 Å². The Morgan fingerprint density at radius 1 is 1.26 bits per heavy atom. The first-order valence-corrected chi connectivity index (χ1v) is 12.2. The molecule has 0 unspecified atom stereocenters. The first kappa shape index (κ1) is 25.4. The third-order valence-electron chi connectivity index (χ3n) is 5.52. The quantitative estimate of drug-likeness (QED) is 0.239. The Hall–Kier alpha value is -4.29. The Balaban J connectivity index is 1.46. The fourth-order valence-corrected chi connectivity index (χ4v) is 4.86. The third kappa shape index (κ3) is 4.95. The summed E-state index contributed by atoms with van der Waals surface area (Å²) in [5, 5.41) is 7.73.